The lowest BCUT2D eigenvalue weighted by molar-refractivity contribution is 0.0876. The fraction of sp³-hybridized carbons (Fsp3) is 0.538. The van der Waals surface area contributed by atoms with E-state index in [1.807, 2.05) is 0 Å². The first kappa shape index (κ1) is 11.8. The van der Waals surface area contributed by atoms with E-state index in [9.17, 15) is 0 Å². The van der Waals surface area contributed by atoms with Gasteiger partial charge in [-0.15, -0.1) is 11.8 Å². The number of aryl methyl sites for hydroxylation is 1. The molecule has 3 heteroatoms. The standard InChI is InChI=1S/C13H19NOS/c1-10-5-6-12(16-2)8-13(10)14-11-4-3-7-15-9-11/h5-6,8,11,14H,3-4,7,9H2,1-2H3. The number of ether oxygens (including phenoxy) is 1. The third kappa shape index (κ3) is 2.92. The number of rotatable bonds is 3. The van der Waals surface area contributed by atoms with Crippen molar-refractivity contribution in [2.45, 2.75) is 30.7 Å². The molecule has 0 saturated carbocycles. The molecule has 1 saturated heterocycles. The van der Waals surface area contributed by atoms with Crippen LogP contribution in [-0.2, 0) is 4.74 Å². The molecule has 16 heavy (non-hydrogen) atoms. The second-order valence-electron chi connectivity index (χ2n) is 4.24. The molecule has 1 heterocycles. The molecule has 0 amide bonds. The minimum Gasteiger partial charge on any atom is -0.380 e. The number of benzene rings is 1. The van der Waals surface area contributed by atoms with Crippen LogP contribution in [-0.4, -0.2) is 25.5 Å². The molecule has 1 N–H and O–H groups in total. The third-order valence-corrected chi connectivity index (χ3v) is 3.69. The maximum absolute atomic E-state index is 5.48. The van der Waals surface area contributed by atoms with Crippen LogP contribution in [0.3, 0.4) is 0 Å². The van der Waals surface area contributed by atoms with E-state index in [1.54, 1.807) is 11.8 Å². The van der Waals surface area contributed by atoms with E-state index in [2.05, 4.69) is 36.7 Å². The Morgan fingerprint density at radius 1 is 1.44 bits per heavy atom. The van der Waals surface area contributed by atoms with Gasteiger partial charge in [-0.25, -0.2) is 0 Å². The molecule has 1 unspecified atom stereocenters. The van der Waals surface area contributed by atoms with Crippen LogP contribution in [0.4, 0.5) is 5.69 Å². The van der Waals surface area contributed by atoms with Gasteiger partial charge in [0.2, 0.25) is 0 Å². The Hall–Kier alpha value is -0.670. The smallest absolute Gasteiger partial charge is 0.0667 e. The molecule has 1 fully saturated rings. The van der Waals surface area contributed by atoms with Crippen LogP contribution in [0.5, 0.6) is 0 Å². The van der Waals surface area contributed by atoms with Gasteiger partial charge >= 0.3 is 0 Å². The van der Waals surface area contributed by atoms with Crippen molar-refractivity contribution in [1.29, 1.82) is 0 Å². The number of nitrogens with one attached hydrogen (secondary N) is 1. The normalized spacial score (nSPS) is 20.8. The quantitative estimate of drug-likeness (QED) is 0.815. The molecule has 2 nitrogen and oxygen atoms in total. The van der Waals surface area contributed by atoms with E-state index in [0.717, 1.165) is 13.2 Å². The zero-order chi connectivity index (χ0) is 11.4. The van der Waals surface area contributed by atoms with E-state index in [0.29, 0.717) is 6.04 Å². The summed E-state index contributed by atoms with van der Waals surface area (Å²) < 4.78 is 5.48. The fourth-order valence-corrected chi connectivity index (χ4v) is 2.40. The van der Waals surface area contributed by atoms with E-state index >= 15 is 0 Å². The van der Waals surface area contributed by atoms with Gasteiger partial charge in [0.1, 0.15) is 0 Å². The van der Waals surface area contributed by atoms with Gasteiger partial charge in [-0.1, -0.05) is 6.07 Å². The highest BCUT2D eigenvalue weighted by molar-refractivity contribution is 7.98. The molecule has 0 aromatic heterocycles. The van der Waals surface area contributed by atoms with E-state index in [1.165, 1.54) is 29.0 Å². The molecule has 1 aromatic carbocycles. The maximum atomic E-state index is 5.48. The van der Waals surface area contributed by atoms with Crippen LogP contribution >= 0.6 is 11.8 Å². The molecule has 1 aliphatic rings. The Bertz CT molecular complexity index is 348. The summed E-state index contributed by atoms with van der Waals surface area (Å²) in [6, 6.07) is 7.05. The zero-order valence-corrected chi connectivity index (χ0v) is 10.8. The first-order chi connectivity index (χ1) is 7.79. The molecular weight excluding hydrogens is 218 g/mol. The summed E-state index contributed by atoms with van der Waals surface area (Å²) in [6.07, 6.45) is 4.49. The average Bonchev–Trinajstić information content (AvgIpc) is 2.33. The van der Waals surface area contributed by atoms with Gasteiger partial charge in [-0.05, 0) is 43.7 Å². The van der Waals surface area contributed by atoms with Gasteiger partial charge in [0.05, 0.1) is 6.61 Å². The lowest BCUT2D eigenvalue weighted by Crippen LogP contribution is -2.30. The molecule has 1 aliphatic heterocycles. The highest BCUT2D eigenvalue weighted by atomic mass is 32.2. The minimum absolute atomic E-state index is 0.476. The highest BCUT2D eigenvalue weighted by Crippen LogP contribution is 2.24. The van der Waals surface area contributed by atoms with Gasteiger partial charge < -0.3 is 10.1 Å². The molecule has 88 valence electrons. The van der Waals surface area contributed by atoms with Crippen LogP contribution in [0, 0.1) is 6.92 Å². The van der Waals surface area contributed by atoms with Gasteiger partial charge in [0.25, 0.3) is 0 Å². The summed E-state index contributed by atoms with van der Waals surface area (Å²) in [5.74, 6) is 0. The maximum Gasteiger partial charge on any atom is 0.0667 e. The Labute approximate surface area is 102 Å². The van der Waals surface area contributed by atoms with Crippen molar-refractivity contribution in [3.05, 3.63) is 23.8 Å². The molecule has 0 bridgehead atoms. The van der Waals surface area contributed by atoms with Crippen molar-refractivity contribution in [2.75, 3.05) is 24.8 Å². The average molecular weight is 237 g/mol. The third-order valence-electron chi connectivity index (χ3n) is 2.96. The molecule has 0 radical (unpaired) electrons. The Morgan fingerprint density at radius 2 is 2.31 bits per heavy atom. The minimum atomic E-state index is 0.476. The molecule has 0 aliphatic carbocycles. The molecule has 1 aromatic rings. The summed E-state index contributed by atoms with van der Waals surface area (Å²) in [5, 5.41) is 3.59. The SMILES string of the molecule is CSc1ccc(C)c(NC2CCCOC2)c1. The summed E-state index contributed by atoms with van der Waals surface area (Å²) in [6.45, 7) is 3.90. The Balaban J connectivity index is 2.06. The van der Waals surface area contributed by atoms with Gasteiger partial charge in [0, 0.05) is 23.2 Å². The van der Waals surface area contributed by atoms with Crippen molar-refractivity contribution in [2.24, 2.45) is 0 Å². The number of thioether (sulfide) groups is 1. The summed E-state index contributed by atoms with van der Waals surface area (Å²) >= 11 is 1.78. The topological polar surface area (TPSA) is 21.3 Å². The van der Waals surface area contributed by atoms with E-state index < -0.39 is 0 Å². The van der Waals surface area contributed by atoms with Crippen molar-refractivity contribution in [3.8, 4) is 0 Å². The lowest BCUT2D eigenvalue weighted by Gasteiger charge is -2.25. The van der Waals surface area contributed by atoms with Crippen molar-refractivity contribution >= 4 is 17.4 Å². The molecular formula is C13H19NOS. The summed E-state index contributed by atoms with van der Waals surface area (Å²) in [5.41, 5.74) is 2.56. The van der Waals surface area contributed by atoms with Gasteiger partial charge in [-0.2, -0.15) is 0 Å². The molecule has 1 atom stereocenters. The number of hydrogen-bond acceptors (Lipinski definition) is 3. The second kappa shape index (κ2) is 5.60. The number of anilines is 1. The van der Waals surface area contributed by atoms with E-state index in [-0.39, 0.29) is 0 Å². The lowest BCUT2D eigenvalue weighted by atomic mass is 10.1. The van der Waals surface area contributed by atoms with Gasteiger partial charge in [-0.3, -0.25) is 0 Å². The van der Waals surface area contributed by atoms with Crippen LogP contribution in [0.1, 0.15) is 18.4 Å². The van der Waals surface area contributed by atoms with Crippen LogP contribution in [0.15, 0.2) is 23.1 Å². The van der Waals surface area contributed by atoms with E-state index in [4.69, 9.17) is 4.74 Å². The molecule has 2 rings (SSSR count). The van der Waals surface area contributed by atoms with Crippen LogP contribution in [0.2, 0.25) is 0 Å². The Kier molecular flexibility index (Phi) is 4.13. The fourth-order valence-electron chi connectivity index (χ4n) is 1.96. The van der Waals surface area contributed by atoms with Crippen molar-refractivity contribution in [3.63, 3.8) is 0 Å². The monoisotopic (exact) mass is 237 g/mol. The van der Waals surface area contributed by atoms with Crippen molar-refractivity contribution in [1.82, 2.24) is 0 Å². The van der Waals surface area contributed by atoms with Crippen LogP contribution in [0.25, 0.3) is 0 Å². The van der Waals surface area contributed by atoms with Gasteiger partial charge in [0.15, 0.2) is 0 Å². The largest absolute Gasteiger partial charge is 0.380 e. The zero-order valence-electron chi connectivity index (χ0n) is 9.95. The first-order valence-corrected chi connectivity index (χ1v) is 7.01. The number of hydrogen-bond donors (Lipinski definition) is 1. The highest BCUT2D eigenvalue weighted by Gasteiger charge is 2.14. The predicted molar refractivity (Wildman–Crippen MR) is 70.4 cm³/mol. The Morgan fingerprint density at radius 3 is 3.00 bits per heavy atom. The molecule has 0 spiro atoms. The second-order valence-corrected chi connectivity index (χ2v) is 5.12. The first-order valence-electron chi connectivity index (χ1n) is 5.78. The van der Waals surface area contributed by atoms with Crippen LogP contribution < -0.4 is 5.32 Å². The summed E-state index contributed by atoms with van der Waals surface area (Å²) in [4.78, 5) is 1.31. The summed E-state index contributed by atoms with van der Waals surface area (Å²) in [7, 11) is 0. The predicted octanol–water partition coefficient (Wildman–Crippen LogP) is 3.31. The van der Waals surface area contributed by atoms with Crippen molar-refractivity contribution < 1.29 is 4.74 Å².